The number of anilines is 1. The molecule has 0 N–H and O–H groups in total. The number of carbonyl (C=O) groups is 1. The number of benzene rings is 3. The molecule has 0 bridgehead atoms. The van der Waals surface area contributed by atoms with Gasteiger partial charge in [0.1, 0.15) is 0 Å². The van der Waals surface area contributed by atoms with Crippen molar-refractivity contribution < 1.29 is 4.79 Å². The van der Waals surface area contributed by atoms with Crippen LogP contribution < -0.4 is 15.3 Å². The second kappa shape index (κ2) is 9.79. The second-order valence-electron chi connectivity index (χ2n) is 9.05. The van der Waals surface area contributed by atoms with Crippen LogP contribution >= 0.6 is 27.3 Å². The first kappa shape index (κ1) is 25.0. The molecule has 8 nitrogen and oxygen atoms in total. The molecular formula is C29H23BrN6O2S. The fourth-order valence-electron chi connectivity index (χ4n) is 4.65. The average Bonchev–Trinajstić information content (AvgIpc) is 3.53. The molecule has 6 rings (SSSR count). The average molecular weight is 600 g/mol. The summed E-state index contributed by atoms with van der Waals surface area (Å²) in [7, 11) is 3.57. The molecule has 5 aromatic rings. The van der Waals surface area contributed by atoms with Gasteiger partial charge in [0.15, 0.2) is 11.4 Å². The molecule has 3 aromatic carbocycles. The lowest BCUT2D eigenvalue weighted by Crippen LogP contribution is -2.27. The number of para-hydroxylation sites is 2. The summed E-state index contributed by atoms with van der Waals surface area (Å²) < 4.78 is 5.92. The number of thiazole rings is 1. The number of hydrogen-bond acceptors (Lipinski definition) is 5. The lowest BCUT2D eigenvalue weighted by atomic mass is 10.1. The second-order valence-corrected chi connectivity index (χ2v) is 10.7. The Bertz CT molecular complexity index is 1910. The van der Waals surface area contributed by atoms with E-state index in [4.69, 9.17) is 10.1 Å². The molecule has 0 saturated heterocycles. The highest BCUT2D eigenvalue weighted by atomic mass is 79.9. The third kappa shape index (κ3) is 4.12. The highest BCUT2D eigenvalue weighted by Crippen LogP contribution is 2.31. The van der Waals surface area contributed by atoms with Crippen LogP contribution in [0.25, 0.3) is 16.9 Å². The Balaban J connectivity index is 1.62. The normalized spacial score (nSPS) is 14.5. The molecule has 0 saturated carbocycles. The maximum absolute atomic E-state index is 13.6. The molecule has 1 aliphatic rings. The zero-order valence-electron chi connectivity index (χ0n) is 21.4. The number of carbonyl (C=O) groups excluding carboxylic acids is 1. The molecule has 1 aliphatic heterocycles. The van der Waals surface area contributed by atoms with Gasteiger partial charge in [-0.25, -0.2) is 14.4 Å². The van der Waals surface area contributed by atoms with E-state index in [0.29, 0.717) is 21.9 Å². The zero-order valence-corrected chi connectivity index (χ0v) is 23.8. The predicted octanol–water partition coefficient (Wildman–Crippen LogP) is 5.24. The van der Waals surface area contributed by atoms with Crippen LogP contribution in [-0.4, -0.2) is 32.7 Å². The Hall–Kier alpha value is -4.28. The van der Waals surface area contributed by atoms with Crippen molar-refractivity contribution in [1.82, 2.24) is 14.0 Å². The maximum Gasteiger partial charge on any atom is 0.297 e. The third-order valence-electron chi connectivity index (χ3n) is 6.79. The summed E-state index contributed by atoms with van der Waals surface area (Å²) in [5.41, 5.74) is 5.02. The molecule has 3 heterocycles. The summed E-state index contributed by atoms with van der Waals surface area (Å²) >= 11 is 5.00. The lowest BCUT2D eigenvalue weighted by molar-refractivity contribution is -0.112. The number of aromatic nitrogens is 3. The van der Waals surface area contributed by atoms with Gasteiger partial charge in [0.05, 0.1) is 22.8 Å². The van der Waals surface area contributed by atoms with Crippen molar-refractivity contribution in [2.45, 2.75) is 6.92 Å². The first-order valence-corrected chi connectivity index (χ1v) is 13.8. The third-order valence-corrected chi connectivity index (χ3v) is 8.30. The van der Waals surface area contributed by atoms with Crippen LogP contribution in [0.1, 0.15) is 11.3 Å². The van der Waals surface area contributed by atoms with E-state index in [2.05, 4.69) is 15.9 Å². The number of amides is 1. The first-order chi connectivity index (χ1) is 18.9. The Morgan fingerprint density at radius 3 is 2.26 bits per heavy atom. The van der Waals surface area contributed by atoms with Crippen LogP contribution in [0.15, 0.2) is 104 Å². The molecule has 0 unspecified atom stereocenters. The van der Waals surface area contributed by atoms with Gasteiger partial charge in [-0.05, 0) is 31.2 Å². The predicted molar refractivity (Wildman–Crippen MR) is 158 cm³/mol. The SMILES string of the molecule is Cc1c(N=c2scc(-c3ccccc3Br)n2N=C2C(=O)N(C)c3ccccc32)c(=O)n(-c2ccccc2)n1C. The van der Waals surface area contributed by atoms with Gasteiger partial charge in [0.25, 0.3) is 11.5 Å². The van der Waals surface area contributed by atoms with E-state index >= 15 is 0 Å². The number of halogens is 1. The zero-order chi connectivity index (χ0) is 27.3. The number of likely N-dealkylation sites (N-methyl/N-ethyl adjacent to an activating group) is 1. The molecular weight excluding hydrogens is 576 g/mol. The number of rotatable bonds is 4. The molecule has 2 aromatic heterocycles. The van der Waals surface area contributed by atoms with Gasteiger partial charge >= 0.3 is 0 Å². The van der Waals surface area contributed by atoms with Crippen LogP contribution in [0.5, 0.6) is 0 Å². The van der Waals surface area contributed by atoms with Crippen LogP contribution in [0.4, 0.5) is 11.4 Å². The van der Waals surface area contributed by atoms with Crippen LogP contribution in [0, 0.1) is 6.92 Å². The summed E-state index contributed by atoms with van der Waals surface area (Å²) in [5, 5.41) is 6.81. The van der Waals surface area contributed by atoms with Crippen molar-refractivity contribution >= 4 is 50.3 Å². The van der Waals surface area contributed by atoms with E-state index in [1.54, 1.807) is 26.0 Å². The van der Waals surface area contributed by atoms with E-state index in [9.17, 15) is 9.59 Å². The summed E-state index contributed by atoms with van der Waals surface area (Å²) in [6.45, 7) is 1.86. The smallest absolute Gasteiger partial charge is 0.297 e. The van der Waals surface area contributed by atoms with E-state index in [1.165, 1.54) is 11.3 Å². The van der Waals surface area contributed by atoms with Crippen LogP contribution in [0.2, 0.25) is 0 Å². The molecule has 0 radical (unpaired) electrons. The van der Waals surface area contributed by atoms with Gasteiger partial charge < -0.3 is 4.90 Å². The van der Waals surface area contributed by atoms with Crippen molar-refractivity contribution in [2.24, 2.45) is 17.1 Å². The summed E-state index contributed by atoms with van der Waals surface area (Å²) in [6, 6.07) is 24.8. The summed E-state index contributed by atoms with van der Waals surface area (Å²) in [4.78, 5) is 33.8. The van der Waals surface area contributed by atoms with Gasteiger partial charge in [-0.3, -0.25) is 14.3 Å². The molecule has 194 valence electrons. The van der Waals surface area contributed by atoms with Gasteiger partial charge in [-0.1, -0.05) is 70.5 Å². The minimum absolute atomic E-state index is 0.207. The molecule has 39 heavy (non-hydrogen) atoms. The van der Waals surface area contributed by atoms with Crippen LogP contribution in [-0.2, 0) is 11.8 Å². The molecule has 1 amide bonds. The quantitative estimate of drug-likeness (QED) is 0.284. The fourth-order valence-corrected chi connectivity index (χ4v) is 5.97. The van der Waals surface area contributed by atoms with Crippen molar-refractivity contribution in [3.63, 3.8) is 0 Å². The molecule has 0 atom stereocenters. The van der Waals surface area contributed by atoms with E-state index in [-0.39, 0.29) is 11.5 Å². The summed E-state index contributed by atoms with van der Waals surface area (Å²) in [6.07, 6.45) is 0. The Labute approximate surface area is 236 Å². The summed E-state index contributed by atoms with van der Waals surface area (Å²) in [5.74, 6) is -0.207. The Kier molecular flexibility index (Phi) is 6.28. The molecule has 0 fully saturated rings. The van der Waals surface area contributed by atoms with Crippen molar-refractivity contribution in [3.05, 3.63) is 115 Å². The Morgan fingerprint density at radius 2 is 1.51 bits per heavy atom. The maximum atomic E-state index is 13.6. The fraction of sp³-hybridized carbons (Fsp3) is 0.103. The highest BCUT2D eigenvalue weighted by Gasteiger charge is 2.32. The number of hydrogen-bond donors (Lipinski definition) is 0. The minimum atomic E-state index is -0.238. The topological polar surface area (TPSA) is 76.9 Å². The lowest BCUT2D eigenvalue weighted by Gasteiger charge is -2.08. The number of fused-ring (bicyclic) bond motifs is 1. The van der Waals surface area contributed by atoms with Crippen molar-refractivity contribution in [3.8, 4) is 16.9 Å². The van der Waals surface area contributed by atoms with E-state index in [1.807, 2.05) is 98.2 Å². The molecule has 0 aliphatic carbocycles. The van der Waals surface area contributed by atoms with E-state index < -0.39 is 0 Å². The van der Waals surface area contributed by atoms with Gasteiger partial charge in [0, 0.05) is 35.1 Å². The van der Waals surface area contributed by atoms with Crippen LogP contribution in [0.3, 0.4) is 0 Å². The van der Waals surface area contributed by atoms with Gasteiger partial charge in [0.2, 0.25) is 4.80 Å². The number of nitrogens with zero attached hydrogens (tertiary/aromatic N) is 6. The van der Waals surface area contributed by atoms with Gasteiger partial charge in [-0.15, -0.1) is 11.3 Å². The standard InChI is InChI=1S/C29H23BrN6O2S/c1-18-25(28(38)36(34(18)3)19-11-5-4-6-12-19)31-29-35(24(17-39-29)20-13-7-9-15-22(20)30)32-26-21-14-8-10-16-23(21)33(2)27(26)37/h4-17H,1-3H3. The molecule has 0 spiro atoms. The first-order valence-electron chi connectivity index (χ1n) is 12.2. The van der Waals surface area contributed by atoms with E-state index in [0.717, 1.165) is 32.7 Å². The van der Waals surface area contributed by atoms with Crippen molar-refractivity contribution in [1.29, 1.82) is 0 Å². The van der Waals surface area contributed by atoms with Crippen molar-refractivity contribution in [2.75, 3.05) is 11.9 Å². The Morgan fingerprint density at radius 1 is 0.846 bits per heavy atom. The monoisotopic (exact) mass is 598 g/mol. The highest BCUT2D eigenvalue weighted by molar-refractivity contribution is 9.10. The molecule has 10 heteroatoms. The largest absolute Gasteiger partial charge is 0.309 e. The minimum Gasteiger partial charge on any atom is -0.309 e. The van der Waals surface area contributed by atoms with Gasteiger partial charge in [-0.2, -0.15) is 5.10 Å².